The van der Waals surface area contributed by atoms with E-state index in [1.54, 1.807) is 17.5 Å². The summed E-state index contributed by atoms with van der Waals surface area (Å²) < 4.78 is 1.07. The Morgan fingerprint density at radius 2 is 2.26 bits per heavy atom. The van der Waals surface area contributed by atoms with E-state index in [9.17, 15) is 4.79 Å². The topological polar surface area (TPSA) is 45.2 Å². The number of amides is 1. The fourth-order valence-corrected chi connectivity index (χ4v) is 4.50. The number of piperidine rings is 3. The van der Waals surface area contributed by atoms with Crippen molar-refractivity contribution in [3.8, 4) is 11.8 Å². The molecule has 3 fully saturated rings. The van der Waals surface area contributed by atoms with Crippen LogP contribution < -0.4 is 5.32 Å². The SMILES string of the molecule is CC#Cc1csc2cnc(C(=O)NC3CN4CCC3CC4)cc12. The molecule has 2 aromatic rings. The van der Waals surface area contributed by atoms with E-state index in [4.69, 9.17) is 0 Å². The van der Waals surface area contributed by atoms with Gasteiger partial charge in [-0.05, 0) is 44.8 Å². The van der Waals surface area contributed by atoms with E-state index in [-0.39, 0.29) is 11.9 Å². The zero-order valence-corrected chi connectivity index (χ0v) is 13.9. The Hall–Kier alpha value is -1.90. The Morgan fingerprint density at radius 3 is 2.96 bits per heavy atom. The molecule has 1 unspecified atom stereocenters. The molecule has 1 amide bonds. The molecule has 1 N–H and O–H groups in total. The number of hydrogen-bond acceptors (Lipinski definition) is 4. The largest absolute Gasteiger partial charge is 0.346 e. The Morgan fingerprint density at radius 1 is 1.43 bits per heavy atom. The number of hydrogen-bond donors (Lipinski definition) is 1. The maximum Gasteiger partial charge on any atom is 0.270 e. The number of aromatic nitrogens is 1. The number of thiophene rings is 1. The summed E-state index contributed by atoms with van der Waals surface area (Å²) in [5.74, 6) is 6.58. The molecule has 2 bridgehead atoms. The highest BCUT2D eigenvalue weighted by atomic mass is 32.1. The van der Waals surface area contributed by atoms with Crippen LogP contribution in [0.2, 0.25) is 0 Å². The van der Waals surface area contributed by atoms with Crippen molar-refractivity contribution in [2.45, 2.75) is 25.8 Å². The highest BCUT2D eigenvalue weighted by molar-refractivity contribution is 7.17. The summed E-state index contributed by atoms with van der Waals surface area (Å²) in [5, 5.41) is 6.25. The van der Waals surface area contributed by atoms with Gasteiger partial charge >= 0.3 is 0 Å². The van der Waals surface area contributed by atoms with Crippen molar-refractivity contribution in [2.24, 2.45) is 5.92 Å². The molecule has 5 rings (SSSR count). The van der Waals surface area contributed by atoms with Crippen molar-refractivity contribution < 1.29 is 4.79 Å². The molecule has 0 aromatic carbocycles. The minimum absolute atomic E-state index is 0.0627. The number of nitrogens with one attached hydrogen (secondary N) is 1. The molecule has 4 nitrogen and oxygen atoms in total. The minimum Gasteiger partial charge on any atom is -0.346 e. The van der Waals surface area contributed by atoms with E-state index < -0.39 is 0 Å². The van der Waals surface area contributed by atoms with Gasteiger partial charge in [0.25, 0.3) is 5.91 Å². The van der Waals surface area contributed by atoms with Crippen LogP contribution >= 0.6 is 11.3 Å². The Kier molecular flexibility index (Phi) is 3.80. The third kappa shape index (κ3) is 2.73. The van der Waals surface area contributed by atoms with E-state index in [1.165, 1.54) is 25.9 Å². The monoisotopic (exact) mass is 325 g/mol. The molecular formula is C18H19N3OS. The summed E-state index contributed by atoms with van der Waals surface area (Å²) in [7, 11) is 0. The van der Waals surface area contributed by atoms with Crippen molar-refractivity contribution in [1.29, 1.82) is 0 Å². The van der Waals surface area contributed by atoms with Gasteiger partial charge in [0.15, 0.2) is 0 Å². The molecule has 3 saturated heterocycles. The predicted octanol–water partition coefficient (Wildman–Crippen LogP) is 2.49. The van der Waals surface area contributed by atoms with E-state index in [2.05, 4.69) is 27.0 Å². The zero-order valence-electron chi connectivity index (χ0n) is 13.1. The predicted molar refractivity (Wildman–Crippen MR) is 92.6 cm³/mol. The smallest absolute Gasteiger partial charge is 0.270 e. The average Bonchev–Trinajstić information content (AvgIpc) is 2.99. The lowest BCUT2D eigenvalue weighted by Gasteiger charge is -2.44. The van der Waals surface area contributed by atoms with Crippen molar-refractivity contribution in [3.63, 3.8) is 0 Å². The summed E-state index contributed by atoms with van der Waals surface area (Å²) in [5.41, 5.74) is 1.47. The second kappa shape index (κ2) is 5.95. The summed E-state index contributed by atoms with van der Waals surface area (Å²) in [6, 6.07) is 2.14. The molecule has 118 valence electrons. The van der Waals surface area contributed by atoms with Gasteiger partial charge in [-0.1, -0.05) is 5.92 Å². The third-order valence-corrected chi connectivity index (χ3v) is 5.86. The second-order valence-electron chi connectivity index (χ2n) is 6.31. The molecule has 5 heterocycles. The van der Waals surface area contributed by atoms with Crippen molar-refractivity contribution in [2.75, 3.05) is 19.6 Å². The number of fused-ring (bicyclic) bond motifs is 4. The Labute approximate surface area is 139 Å². The lowest BCUT2D eigenvalue weighted by molar-refractivity contribution is 0.0618. The fraction of sp³-hybridized carbons (Fsp3) is 0.444. The van der Waals surface area contributed by atoms with Crippen molar-refractivity contribution in [1.82, 2.24) is 15.2 Å². The molecule has 0 aliphatic carbocycles. The zero-order chi connectivity index (χ0) is 15.8. The van der Waals surface area contributed by atoms with Gasteiger partial charge in [0, 0.05) is 35.1 Å². The lowest BCUT2D eigenvalue weighted by Crippen LogP contribution is -2.57. The van der Waals surface area contributed by atoms with Crippen LogP contribution in [0.25, 0.3) is 10.1 Å². The van der Waals surface area contributed by atoms with E-state index in [0.717, 1.165) is 22.2 Å². The number of nitrogens with zero attached hydrogens (tertiary/aromatic N) is 2. The fourth-order valence-electron chi connectivity index (χ4n) is 3.66. The molecule has 0 spiro atoms. The summed E-state index contributed by atoms with van der Waals surface area (Å²) in [4.78, 5) is 19.4. The van der Waals surface area contributed by atoms with Gasteiger partial charge in [-0.2, -0.15) is 0 Å². The van der Waals surface area contributed by atoms with Gasteiger partial charge in [-0.25, -0.2) is 4.98 Å². The van der Waals surface area contributed by atoms with Crippen LogP contribution in [0.3, 0.4) is 0 Å². The molecule has 0 saturated carbocycles. The number of carbonyl (C=O) groups is 1. The lowest BCUT2D eigenvalue weighted by atomic mass is 9.84. The number of carbonyl (C=O) groups excluding carboxylic acids is 1. The minimum atomic E-state index is -0.0627. The van der Waals surface area contributed by atoms with E-state index in [0.29, 0.717) is 11.6 Å². The first kappa shape index (κ1) is 14.7. The molecule has 3 aliphatic rings. The Bertz CT molecular complexity index is 809. The maximum absolute atomic E-state index is 12.6. The van der Waals surface area contributed by atoms with Crippen molar-refractivity contribution in [3.05, 3.63) is 28.9 Å². The second-order valence-corrected chi connectivity index (χ2v) is 7.22. The van der Waals surface area contributed by atoms with Gasteiger partial charge in [0.1, 0.15) is 5.69 Å². The van der Waals surface area contributed by atoms with Gasteiger partial charge in [-0.15, -0.1) is 17.3 Å². The number of pyridine rings is 1. The maximum atomic E-state index is 12.6. The Balaban J connectivity index is 1.57. The van der Waals surface area contributed by atoms with Crippen LogP contribution in [0.15, 0.2) is 17.6 Å². The van der Waals surface area contributed by atoms with Gasteiger partial charge in [0.05, 0.1) is 4.70 Å². The molecule has 1 atom stereocenters. The molecular weight excluding hydrogens is 306 g/mol. The van der Waals surface area contributed by atoms with Crippen LogP contribution in [0.4, 0.5) is 0 Å². The summed E-state index contributed by atoms with van der Waals surface area (Å²) in [6.45, 7) is 5.15. The molecule has 3 aliphatic heterocycles. The third-order valence-electron chi connectivity index (χ3n) is 4.93. The van der Waals surface area contributed by atoms with Crippen LogP contribution in [0.1, 0.15) is 35.8 Å². The highest BCUT2D eigenvalue weighted by Crippen LogP contribution is 2.28. The average molecular weight is 325 g/mol. The van der Waals surface area contributed by atoms with Crippen LogP contribution in [-0.4, -0.2) is 41.5 Å². The molecule has 23 heavy (non-hydrogen) atoms. The normalized spacial score (nSPS) is 25.9. The van der Waals surface area contributed by atoms with E-state index >= 15 is 0 Å². The standard InChI is InChI=1S/C18H19N3OS/c1-2-3-13-11-23-17-9-19-15(8-14(13)17)18(22)20-16-10-21-6-4-12(16)5-7-21/h8-9,11-12,16H,4-7,10H2,1H3,(H,20,22). The van der Waals surface area contributed by atoms with Gasteiger partial charge < -0.3 is 10.2 Å². The van der Waals surface area contributed by atoms with Gasteiger partial charge in [0.2, 0.25) is 0 Å². The van der Waals surface area contributed by atoms with Crippen molar-refractivity contribution >= 4 is 27.3 Å². The summed E-state index contributed by atoms with van der Waals surface area (Å²) >= 11 is 1.62. The van der Waals surface area contributed by atoms with Crippen LogP contribution in [0.5, 0.6) is 0 Å². The quantitative estimate of drug-likeness (QED) is 0.863. The van der Waals surface area contributed by atoms with Crippen LogP contribution in [-0.2, 0) is 0 Å². The first-order valence-corrected chi connectivity index (χ1v) is 8.96. The molecule has 5 heteroatoms. The molecule has 0 radical (unpaired) electrons. The first-order valence-electron chi connectivity index (χ1n) is 8.08. The first-order chi connectivity index (χ1) is 11.2. The summed E-state index contributed by atoms with van der Waals surface area (Å²) in [6.07, 6.45) is 4.17. The van der Waals surface area contributed by atoms with E-state index in [1.807, 2.05) is 18.4 Å². The van der Waals surface area contributed by atoms with Gasteiger partial charge in [-0.3, -0.25) is 4.79 Å². The highest BCUT2D eigenvalue weighted by Gasteiger charge is 2.35. The number of rotatable bonds is 2. The molecule has 2 aromatic heterocycles. The van der Waals surface area contributed by atoms with Crippen LogP contribution in [0, 0.1) is 17.8 Å².